The van der Waals surface area contributed by atoms with E-state index in [-0.39, 0.29) is 36.0 Å². The molecule has 2 rings (SSSR count). The molecule has 164 valence electrons. The molecule has 0 saturated heterocycles. The molecule has 2 N–H and O–H groups in total. The smallest absolute Gasteiger partial charge is 0.416 e. The molecule has 0 spiro atoms. The molecule has 1 unspecified atom stereocenters. The van der Waals surface area contributed by atoms with E-state index in [0.717, 1.165) is 30.3 Å². The van der Waals surface area contributed by atoms with Crippen molar-refractivity contribution in [2.75, 3.05) is 20.3 Å². The van der Waals surface area contributed by atoms with E-state index in [4.69, 9.17) is 9.47 Å². The summed E-state index contributed by atoms with van der Waals surface area (Å²) >= 11 is 0. The second kappa shape index (κ2) is 10.1. The molecule has 6 nitrogen and oxygen atoms in total. The molecule has 2 aromatic carbocycles. The zero-order valence-corrected chi connectivity index (χ0v) is 15.6. The van der Waals surface area contributed by atoms with Crippen LogP contribution in [0.4, 0.5) is 22.0 Å². The number of hydrogen-bond acceptors (Lipinski definition) is 5. The number of rotatable bonds is 9. The van der Waals surface area contributed by atoms with Crippen LogP contribution in [0.3, 0.4) is 0 Å². The second-order valence-corrected chi connectivity index (χ2v) is 5.94. The third-order valence-corrected chi connectivity index (χ3v) is 3.76. The van der Waals surface area contributed by atoms with Gasteiger partial charge in [0.25, 0.3) is 5.91 Å². The molecular formula is C19H18F5NO5. The lowest BCUT2D eigenvalue weighted by molar-refractivity contribution is -0.137. The van der Waals surface area contributed by atoms with Gasteiger partial charge in [-0.05, 0) is 42.5 Å². The Morgan fingerprint density at radius 1 is 1.10 bits per heavy atom. The molecule has 11 heteroatoms. The molecule has 0 radical (unpaired) electrons. The number of aliphatic hydroxyl groups is 1. The highest BCUT2D eigenvalue weighted by atomic mass is 19.4. The van der Waals surface area contributed by atoms with Crippen molar-refractivity contribution in [3.05, 3.63) is 53.6 Å². The molecule has 1 amide bonds. The van der Waals surface area contributed by atoms with Gasteiger partial charge in [0.1, 0.15) is 18.5 Å². The van der Waals surface area contributed by atoms with Crippen LogP contribution in [0.1, 0.15) is 15.9 Å². The van der Waals surface area contributed by atoms with Crippen LogP contribution >= 0.6 is 0 Å². The Hall–Kier alpha value is -3.08. The summed E-state index contributed by atoms with van der Waals surface area (Å²) in [4.78, 5) is 12.1. The Morgan fingerprint density at radius 3 is 2.33 bits per heavy atom. The summed E-state index contributed by atoms with van der Waals surface area (Å²) in [6, 6.07) is 7.49. The van der Waals surface area contributed by atoms with Crippen LogP contribution in [0.2, 0.25) is 0 Å². The van der Waals surface area contributed by atoms with Crippen molar-refractivity contribution in [2.45, 2.75) is 18.9 Å². The van der Waals surface area contributed by atoms with Gasteiger partial charge in [0.15, 0.2) is 11.5 Å². The van der Waals surface area contributed by atoms with Crippen molar-refractivity contribution in [1.29, 1.82) is 0 Å². The topological polar surface area (TPSA) is 77.0 Å². The number of methoxy groups -OCH3 is 1. The zero-order chi connectivity index (χ0) is 22.3. The molecule has 0 saturated carbocycles. The first kappa shape index (κ1) is 23.2. The molecule has 0 aromatic heterocycles. The SMILES string of the molecule is COc1cc(C(=O)NCC(O)COc2ccc(C(F)(F)F)cc2)ccc1OC(F)F. The first-order valence-corrected chi connectivity index (χ1v) is 8.49. The van der Waals surface area contributed by atoms with Crippen molar-refractivity contribution in [1.82, 2.24) is 5.32 Å². The second-order valence-electron chi connectivity index (χ2n) is 5.94. The van der Waals surface area contributed by atoms with Crippen LogP contribution in [-0.4, -0.2) is 44.0 Å². The molecule has 0 aliphatic heterocycles. The summed E-state index contributed by atoms with van der Waals surface area (Å²) in [7, 11) is 1.22. The maximum Gasteiger partial charge on any atom is 0.416 e. The molecular weight excluding hydrogens is 417 g/mol. The molecule has 1 atom stereocenters. The van der Waals surface area contributed by atoms with E-state index in [9.17, 15) is 31.9 Å². The van der Waals surface area contributed by atoms with E-state index in [0.29, 0.717) is 0 Å². The molecule has 2 aromatic rings. The maximum absolute atomic E-state index is 12.5. The van der Waals surface area contributed by atoms with E-state index >= 15 is 0 Å². The quantitative estimate of drug-likeness (QED) is 0.590. The minimum atomic E-state index is -4.46. The predicted octanol–water partition coefficient (Wildman–Crippen LogP) is 3.49. The van der Waals surface area contributed by atoms with Crippen LogP contribution in [0.15, 0.2) is 42.5 Å². The first-order valence-electron chi connectivity index (χ1n) is 8.49. The molecule has 0 bridgehead atoms. The number of nitrogens with one attached hydrogen (secondary N) is 1. The van der Waals surface area contributed by atoms with Gasteiger partial charge in [-0.3, -0.25) is 4.79 Å². The summed E-state index contributed by atoms with van der Waals surface area (Å²) in [5.74, 6) is -0.818. The number of carbonyl (C=O) groups is 1. The van der Waals surface area contributed by atoms with Crippen LogP contribution in [0.5, 0.6) is 17.2 Å². The lowest BCUT2D eigenvalue weighted by atomic mass is 10.2. The van der Waals surface area contributed by atoms with Crippen LogP contribution in [0.25, 0.3) is 0 Å². The number of carbonyl (C=O) groups excluding carboxylic acids is 1. The van der Waals surface area contributed by atoms with E-state index in [1.807, 2.05) is 0 Å². The summed E-state index contributed by atoms with van der Waals surface area (Å²) in [6.07, 6.45) is -5.62. The summed E-state index contributed by atoms with van der Waals surface area (Å²) < 4.78 is 76.5. The van der Waals surface area contributed by atoms with E-state index in [1.54, 1.807) is 0 Å². The third kappa shape index (κ3) is 6.76. The monoisotopic (exact) mass is 435 g/mol. The fourth-order valence-corrected chi connectivity index (χ4v) is 2.31. The molecule has 0 fully saturated rings. The Morgan fingerprint density at radius 2 is 1.77 bits per heavy atom. The van der Waals surface area contributed by atoms with Gasteiger partial charge in [0, 0.05) is 12.1 Å². The Bertz CT molecular complexity index is 842. The van der Waals surface area contributed by atoms with Crippen molar-refractivity contribution < 1.29 is 46.1 Å². The number of amides is 1. The van der Waals surface area contributed by atoms with Gasteiger partial charge in [0.05, 0.1) is 12.7 Å². The first-order chi connectivity index (χ1) is 14.1. The lowest BCUT2D eigenvalue weighted by Gasteiger charge is -2.15. The lowest BCUT2D eigenvalue weighted by Crippen LogP contribution is -2.35. The van der Waals surface area contributed by atoms with Crippen molar-refractivity contribution >= 4 is 5.91 Å². The third-order valence-electron chi connectivity index (χ3n) is 3.76. The average Bonchev–Trinajstić information content (AvgIpc) is 2.70. The van der Waals surface area contributed by atoms with Crippen molar-refractivity contribution in [3.8, 4) is 17.2 Å². The Kier molecular flexibility index (Phi) is 7.81. The average molecular weight is 435 g/mol. The molecule has 30 heavy (non-hydrogen) atoms. The standard InChI is InChI=1S/C19H18F5NO5/c1-28-16-8-11(2-7-15(16)30-18(20)21)17(27)25-9-13(26)10-29-14-5-3-12(4-6-14)19(22,23)24/h2-8,13,18,26H,9-10H2,1H3,(H,25,27). The van der Waals surface area contributed by atoms with Gasteiger partial charge in [-0.1, -0.05) is 0 Å². The van der Waals surface area contributed by atoms with Gasteiger partial charge in [0.2, 0.25) is 0 Å². The molecule has 0 heterocycles. The molecule has 0 aliphatic carbocycles. The Labute approximate surface area is 168 Å². The highest BCUT2D eigenvalue weighted by Crippen LogP contribution is 2.30. The number of alkyl halides is 5. The van der Waals surface area contributed by atoms with Crippen molar-refractivity contribution in [2.24, 2.45) is 0 Å². The van der Waals surface area contributed by atoms with Gasteiger partial charge >= 0.3 is 12.8 Å². The fraction of sp³-hybridized carbons (Fsp3) is 0.316. The van der Waals surface area contributed by atoms with Crippen LogP contribution in [-0.2, 0) is 6.18 Å². The van der Waals surface area contributed by atoms with Gasteiger partial charge in [-0.25, -0.2) is 0 Å². The summed E-state index contributed by atoms with van der Waals surface area (Å²) in [6.45, 7) is -3.56. The van der Waals surface area contributed by atoms with Crippen LogP contribution in [0, 0.1) is 0 Å². The van der Waals surface area contributed by atoms with Gasteiger partial charge in [-0.15, -0.1) is 0 Å². The number of benzene rings is 2. The number of ether oxygens (including phenoxy) is 3. The summed E-state index contributed by atoms with van der Waals surface area (Å²) in [5, 5.41) is 12.3. The largest absolute Gasteiger partial charge is 0.493 e. The fourth-order valence-electron chi connectivity index (χ4n) is 2.31. The zero-order valence-electron chi connectivity index (χ0n) is 15.6. The number of aliphatic hydroxyl groups excluding tert-OH is 1. The summed E-state index contributed by atoms with van der Waals surface area (Å²) in [5.41, 5.74) is -0.757. The maximum atomic E-state index is 12.5. The van der Waals surface area contributed by atoms with Crippen molar-refractivity contribution in [3.63, 3.8) is 0 Å². The Balaban J connectivity index is 1.85. The predicted molar refractivity (Wildman–Crippen MR) is 94.9 cm³/mol. The van der Waals surface area contributed by atoms with Gasteiger partial charge in [-0.2, -0.15) is 22.0 Å². The number of hydrogen-bond donors (Lipinski definition) is 2. The van der Waals surface area contributed by atoms with E-state index in [1.165, 1.54) is 19.2 Å². The highest BCUT2D eigenvalue weighted by Gasteiger charge is 2.30. The van der Waals surface area contributed by atoms with E-state index in [2.05, 4.69) is 10.1 Å². The number of halogens is 5. The molecule has 0 aliphatic rings. The minimum Gasteiger partial charge on any atom is -0.493 e. The minimum absolute atomic E-state index is 0.0734. The highest BCUT2D eigenvalue weighted by molar-refractivity contribution is 5.94. The normalized spacial score (nSPS) is 12.4. The van der Waals surface area contributed by atoms with Gasteiger partial charge < -0.3 is 24.6 Å². The van der Waals surface area contributed by atoms with Crippen LogP contribution < -0.4 is 19.5 Å². The van der Waals surface area contributed by atoms with E-state index < -0.39 is 30.4 Å².